The molecule has 11 heavy (non-hydrogen) atoms. The minimum Gasteiger partial charge on any atom is -0.253 e. The lowest BCUT2D eigenvalue weighted by molar-refractivity contribution is 0.0904. The highest BCUT2D eigenvalue weighted by molar-refractivity contribution is 8.02. The van der Waals surface area contributed by atoms with Crippen LogP contribution in [0.1, 0.15) is 0 Å². The molecule has 0 aromatic rings. The molecule has 0 rings (SSSR count). The molecule has 0 aromatic heterocycles. The fourth-order valence-corrected chi connectivity index (χ4v) is 1.37. The van der Waals surface area contributed by atoms with Crippen LogP contribution < -0.4 is 0 Å². The van der Waals surface area contributed by atoms with Crippen LogP contribution in [0.3, 0.4) is 0 Å². The van der Waals surface area contributed by atoms with Gasteiger partial charge in [-0.05, 0) is 11.6 Å². The molecule has 0 heterocycles. The molecule has 0 aromatic carbocycles. The maximum Gasteiger partial charge on any atom is 0.344 e. The van der Waals surface area contributed by atoms with Gasteiger partial charge in [-0.25, -0.2) is 0 Å². The van der Waals surface area contributed by atoms with Gasteiger partial charge in [0.15, 0.2) is 4.17 Å². The third-order valence-electron chi connectivity index (χ3n) is 0.722. The standard InChI is InChI=1S/C4H5Cl3FNOS/c5-3(6)11-2-1-9(8)4(7)10/h3H,1-2H2. The first-order valence-corrected chi connectivity index (χ1v) is 4.86. The third kappa shape index (κ3) is 7.00. The number of amides is 1. The van der Waals surface area contributed by atoms with Crippen molar-refractivity contribution < 1.29 is 9.28 Å². The van der Waals surface area contributed by atoms with E-state index in [1.54, 1.807) is 0 Å². The van der Waals surface area contributed by atoms with Gasteiger partial charge in [0, 0.05) is 5.75 Å². The molecule has 0 saturated carbocycles. The minimum atomic E-state index is -1.13. The second-order valence-corrected chi connectivity index (χ2v) is 4.62. The summed E-state index contributed by atoms with van der Waals surface area (Å²) in [7, 11) is 0. The van der Waals surface area contributed by atoms with Crippen LogP contribution in [0.2, 0.25) is 0 Å². The summed E-state index contributed by atoms with van der Waals surface area (Å²) in [6.45, 7) is -0.108. The van der Waals surface area contributed by atoms with Gasteiger partial charge in [0.1, 0.15) is 0 Å². The Labute approximate surface area is 82.9 Å². The van der Waals surface area contributed by atoms with Gasteiger partial charge in [-0.15, -0.1) is 11.8 Å². The van der Waals surface area contributed by atoms with Crippen molar-refractivity contribution in [3.63, 3.8) is 0 Å². The number of hydrogen-bond acceptors (Lipinski definition) is 2. The molecule has 0 N–H and O–H groups in total. The molecule has 0 atom stereocenters. The molecule has 66 valence electrons. The van der Waals surface area contributed by atoms with E-state index in [-0.39, 0.29) is 11.7 Å². The van der Waals surface area contributed by atoms with Crippen molar-refractivity contribution in [3.05, 3.63) is 0 Å². The average molecular weight is 241 g/mol. The predicted octanol–water partition coefficient (Wildman–Crippen LogP) is 3.03. The highest BCUT2D eigenvalue weighted by Gasteiger charge is 2.09. The quantitative estimate of drug-likeness (QED) is 0.326. The van der Waals surface area contributed by atoms with E-state index >= 15 is 0 Å². The fraction of sp³-hybridized carbons (Fsp3) is 0.750. The number of halogens is 4. The molecule has 0 unspecified atom stereocenters. The van der Waals surface area contributed by atoms with Crippen molar-refractivity contribution in [1.82, 2.24) is 5.12 Å². The summed E-state index contributed by atoms with van der Waals surface area (Å²) < 4.78 is 11.6. The molecule has 0 aliphatic heterocycles. The Balaban J connectivity index is 3.31. The van der Waals surface area contributed by atoms with E-state index in [4.69, 9.17) is 34.8 Å². The highest BCUT2D eigenvalue weighted by atomic mass is 35.5. The molecule has 0 bridgehead atoms. The predicted molar refractivity (Wildman–Crippen MR) is 47.0 cm³/mol. The Morgan fingerprint density at radius 2 is 2.18 bits per heavy atom. The molecule has 7 heteroatoms. The first kappa shape index (κ1) is 11.6. The minimum absolute atomic E-state index is 0.106. The Hall–Kier alpha value is 0.620. The second kappa shape index (κ2) is 6.17. The number of nitrogens with zero attached hydrogens (tertiary/aromatic N) is 1. The smallest absolute Gasteiger partial charge is 0.253 e. The number of carbonyl (C=O) groups excluding carboxylic acids is 1. The average Bonchev–Trinajstić information content (AvgIpc) is 1.86. The van der Waals surface area contributed by atoms with Crippen LogP contribution in [-0.2, 0) is 0 Å². The number of hydrogen-bond donors (Lipinski definition) is 0. The van der Waals surface area contributed by atoms with Gasteiger partial charge in [-0.2, -0.15) is 5.12 Å². The van der Waals surface area contributed by atoms with Crippen LogP contribution in [0.5, 0.6) is 0 Å². The molecule has 2 nitrogen and oxygen atoms in total. The van der Waals surface area contributed by atoms with E-state index in [1.807, 2.05) is 0 Å². The highest BCUT2D eigenvalue weighted by Crippen LogP contribution is 2.18. The SMILES string of the molecule is O=C(Cl)N(F)CCSC(Cl)Cl. The van der Waals surface area contributed by atoms with E-state index in [0.717, 1.165) is 11.8 Å². The maximum absolute atomic E-state index is 12.2. The third-order valence-corrected chi connectivity index (χ3v) is 2.33. The summed E-state index contributed by atoms with van der Waals surface area (Å²) in [6, 6.07) is 0. The Bertz CT molecular complexity index is 137. The second-order valence-electron chi connectivity index (χ2n) is 1.47. The Morgan fingerprint density at radius 3 is 2.55 bits per heavy atom. The van der Waals surface area contributed by atoms with Gasteiger partial charge in [0.2, 0.25) is 0 Å². The van der Waals surface area contributed by atoms with E-state index in [1.165, 1.54) is 0 Å². The summed E-state index contributed by atoms with van der Waals surface area (Å²) in [6.07, 6.45) is 0. The maximum atomic E-state index is 12.2. The van der Waals surface area contributed by atoms with Crippen molar-refractivity contribution in [2.24, 2.45) is 0 Å². The first-order chi connectivity index (χ1) is 5.04. The zero-order valence-corrected chi connectivity index (χ0v) is 8.35. The molecule has 0 radical (unpaired) electrons. The number of alkyl halides is 2. The van der Waals surface area contributed by atoms with Crippen LogP contribution >= 0.6 is 46.6 Å². The molecule has 0 saturated heterocycles. The zero-order valence-electron chi connectivity index (χ0n) is 5.27. The van der Waals surface area contributed by atoms with Gasteiger partial charge in [-0.3, -0.25) is 4.79 Å². The van der Waals surface area contributed by atoms with Crippen LogP contribution in [0.4, 0.5) is 9.28 Å². The van der Waals surface area contributed by atoms with Crippen molar-refractivity contribution in [2.75, 3.05) is 12.3 Å². The van der Waals surface area contributed by atoms with Crippen molar-refractivity contribution >= 4 is 51.9 Å². The van der Waals surface area contributed by atoms with Crippen molar-refractivity contribution in [1.29, 1.82) is 0 Å². The molecule has 1 amide bonds. The summed E-state index contributed by atoms with van der Waals surface area (Å²) in [5, 5.41) is -1.24. The number of thioether (sulfide) groups is 1. The molecule has 0 spiro atoms. The van der Waals surface area contributed by atoms with E-state index in [0.29, 0.717) is 5.75 Å². The van der Waals surface area contributed by atoms with Crippen molar-refractivity contribution in [2.45, 2.75) is 4.17 Å². The van der Waals surface area contributed by atoms with E-state index < -0.39 is 9.53 Å². The molecule has 0 aliphatic carbocycles. The fourth-order valence-electron chi connectivity index (χ4n) is 0.310. The number of carbonyl (C=O) groups is 1. The van der Waals surface area contributed by atoms with E-state index in [9.17, 15) is 9.28 Å². The van der Waals surface area contributed by atoms with Gasteiger partial charge < -0.3 is 0 Å². The zero-order chi connectivity index (χ0) is 8.85. The molecular formula is C4H5Cl3FNOS. The molecule has 0 aliphatic rings. The van der Waals surface area contributed by atoms with Gasteiger partial charge in [0.05, 0.1) is 6.54 Å². The topological polar surface area (TPSA) is 20.3 Å². The Kier molecular flexibility index (Phi) is 6.52. The first-order valence-electron chi connectivity index (χ1n) is 2.56. The number of rotatable bonds is 4. The molecular weight excluding hydrogens is 235 g/mol. The van der Waals surface area contributed by atoms with Gasteiger partial charge in [-0.1, -0.05) is 27.7 Å². The lowest BCUT2D eigenvalue weighted by Gasteiger charge is -2.06. The lowest BCUT2D eigenvalue weighted by Crippen LogP contribution is -2.19. The lowest BCUT2D eigenvalue weighted by atomic mass is 10.7. The van der Waals surface area contributed by atoms with Gasteiger partial charge in [0.25, 0.3) is 0 Å². The normalized spacial score (nSPS) is 10.3. The summed E-state index contributed by atoms with van der Waals surface area (Å²) in [5.74, 6) is 0.312. The van der Waals surface area contributed by atoms with Crippen LogP contribution in [0.25, 0.3) is 0 Å². The van der Waals surface area contributed by atoms with E-state index in [2.05, 4.69) is 0 Å². The molecule has 0 fully saturated rings. The van der Waals surface area contributed by atoms with Crippen LogP contribution in [0.15, 0.2) is 0 Å². The monoisotopic (exact) mass is 239 g/mol. The van der Waals surface area contributed by atoms with Gasteiger partial charge >= 0.3 is 5.37 Å². The summed E-state index contributed by atoms with van der Waals surface area (Å²) in [4.78, 5) is 10.1. The van der Waals surface area contributed by atoms with Crippen LogP contribution in [0, 0.1) is 0 Å². The largest absolute Gasteiger partial charge is 0.344 e. The summed E-state index contributed by atoms with van der Waals surface area (Å²) in [5.41, 5.74) is 0. The van der Waals surface area contributed by atoms with Crippen LogP contribution in [-0.4, -0.2) is 27.0 Å². The summed E-state index contributed by atoms with van der Waals surface area (Å²) >= 11 is 16.5. The van der Waals surface area contributed by atoms with Crippen molar-refractivity contribution in [3.8, 4) is 0 Å². The Morgan fingerprint density at radius 1 is 1.64 bits per heavy atom.